The number of nitrogens with two attached hydrogens (primary N) is 1. The Morgan fingerprint density at radius 2 is 1.61 bits per heavy atom. The molecule has 2 aliphatic heterocycles. The third-order valence-corrected chi connectivity index (χ3v) is 8.65. The molecule has 2 bridgehead atoms. The lowest BCUT2D eigenvalue weighted by atomic mass is 9.83. The number of carbonyl (C=O) groups is 3. The summed E-state index contributed by atoms with van der Waals surface area (Å²) >= 11 is 0. The Labute approximate surface area is 235 Å². The zero-order valence-electron chi connectivity index (χ0n) is 22.3. The molecule has 0 aromatic heterocycles. The fraction of sp³-hybridized carbons (Fsp3) is 0.560. The maximum Gasteiger partial charge on any atom is 0.407 e. The van der Waals surface area contributed by atoms with Gasteiger partial charge in [-0.3, -0.25) is 0 Å². The number of nitrogens with one attached hydrogen (secondary N) is 1. The molecule has 5 N–H and O–H groups in total. The number of methoxy groups -OCH3 is 1. The smallest absolute Gasteiger partial charge is 0.407 e. The Balaban J connectivity index is 0.000000642. The van der Waals surface area contributed by atoms with Crippen LogP contribution in [0.2, 0.25) is 0 Å². The molecule has 0 spiro atoms. The summed E-state index contributed by atoms with van der Waals surface area (Å²) in [4.78, 5) is 30.7. The van der Waals surface area contributed by atoms with Gasteiger partial charge in [0.15, 0.2) is 11.6 Å². The van der Waals surface area contributed by atoms with E-state index in [9.17, 15) is 36.0 Å². The number of piperidine rings is 1. The van der Waals surface area contributed by atoms with Crippen molar-refractivity contribution in [1.82, 2.24) is 9.62 Å². The topological polar surface area (TPSA) is 186 Å². The SMILES string of the molecule is COCCOC(=O)NCCS(=O)(=O)N1C2CCC1CC([C@H](N)Cc1cc(F)c(F)cc1F)C2.O=C(O)/C=C\C(=O)O. The molecular weight excluding hydrogens is 575 g/mol. The maximum atomic E-state index is 14.0. The predicted molar refractivity (Wildman–Crippen MR) is 139 cm³/mol. The van der Waals surface area contributed by atoms with Gasteiger partial charge in [-0.25, -0.2) is 36.0 Å². The Bertz CT molecular complexity index is 1190. The molecule has 2 heterocycles. The molecule has 1 amide bonds. The van der Waals surface area contributed by atoms with Gasteiger partial charge in [-0.1, -0.05) is 0 Å². The zero-order valence-corrected chi connectivity index (χ0v) is 23.1. The highest BCUT2D eigenvalue weighted by molar-refractivity contribution is 7.89. The van der Waals surface area contributed by atoms with Crippen LogP contribution in [-0.4, -0.2) is 91.7 Å². The lowest BCUT2D eigenvalue weighted by Gasteiger charge is -2.40. The van der Waals surface area contributed by atoms with Crippen LogP contribution in [0.5, 0.6) is 0 Å². The van der Waals surface area contributed by atoms with Gasteiger partial charge in [-0.15, -0.1) is 0 Å². The van der Waals surface area contributed by atoms with Crippen molar-refractivity contribution < 1.29 is 55.7 Å². The van der Waals surface area contributed by atoms with Crippen LogP contribution in [0.4, 0.5) is 18.0 Å². The number of amides is 1. The van der Waals surface area contributed by atoms with Gasteiger partial charge in [-0.05, 0) is 49.7 Å². The zero-order chi connectivity index (χ0) is 30.7. The molecule has 0 aliphatic carbocycles. The molecular formula is C25H34F3N3O9S. The molecule has 12 nitrogen and oxygen atoms in total. The first-order valence-corrected chi connectivity index (χ1v) is 14.3. The molecule has 3 atom stereocenters. The number of carboxylic acid groups (broad SMARTS) is 2. The van der Waals surface area contributed by atoms with Crippen LogP contribution in [0.3, 0.4) is 0 Å². The summed E-state index contributed by atoms with van der Waals surface area (Å²) in [5.41, 5.74) is 6.29. The number of alkyl carbamates (subject to hydrolysis) is 1. The van der Waals surface area contributed by atoms with Crippen LogP contribution in [0.25, 0.3) is 0 Å². The summed E-state index contributed by atoms with van der Waals surface area (Å²) in [5.74, 6) is -6.07. The van der Waals surface area contributed by atoms with E-state index in [0.717, 1.165) is 6.07 Å². The van der Waals surface area contributed by atoms with Crippen molar-refractivity contribution >= 4 is 28.1 Å². The number of fused-ring (bicyclic) bond motifs is 2. The van der Waals surface area contributed by atoms with Gasteiger partial charge in [0.25, 0.3) is 0 Å². The van der Waals surface area contributed by atoms with E-state index >= 15 is 0 Å². The number of aliphatic carboxylic acids is 2. The molecule has 0 radical (unpaired) electrons. The minimum atomic E-state index is -3.62. The molecule has 41 heavy (non-hydrogen) atoms. The van der Waals surface area contributed by atoms with E-state index in [2.05, 4.69) is 5.32 Å². The molecule has 3 rings (SSSR count). The number of benzene rings is 1. The van der Waals surface area contributed by atoms with Crippen LogP contribution < -0.4 is 11.1 Å². The second kappa shape index (κ2) is 15.7. The normalized spacial score (nSPS) is 21.1. The molecule has 2 saturated heterocycles. The highest BCUT2D eigenvalue weighted by atomic mass is 32.2. The molecule has 2 fully saturated rings. The molecule has 16 heteroatoms. The van der Waals surface area contributed by atoms with Crippen LogP contribution >= 0.6 is 0 Å². The number of carbonyl (C=O) groups excluding carboxylic acids is 1. The Morgan fingerprint density at radius 3 is 2.15 bits per heavy atom. The summed E-state index contributed by atoms with van der Waals surface area (Å²) in [7, 11) is -2.15. The first-order valence-electron chi connectivity index (χ1n) is 12.7. The summed E-state index contributed by atoms with van der Waals surface area (Å²) < 4.78 is 77.7. The largest absolute Gasteiger partial charge is 0.478 e. The summed E-state index contributed by atoms with van der Waals surface area (Å²) in [5, 5.41) is 18.0. The molecule has 2 aliphatic rings. The first kappa shape index (κ1) is 34.0. The Morgan fingerprint density at radius 1 is 1.05 bits per heavy atom. The third-order valence-electron chi connectivity index (χ3n) is 6.69. The first-order chi connectivity index (χ1) is 19.2. The van der Waals surface area contributed by atoms with Gasteiger partial charge < -0.3 is 30.7 Å². The Kier molecular flexibility index (Phi) is 13.0. The van der Waals surface area contributed by atoms with Gasteiger partial charge in [0.2, 0.25) is 10.0 Å². The monoisotopic (exact) mass is 609 g/mol. The average molecular weight is 610 g/mol. The number of rotatable bonds is 12. The molecule has 1 aromatic carbocycles. The van der Waals surface area contributed by atoms with E-state index in [1.165, 1.54) is 11.4 Å². The van der Waals surface area contributed by atoms with Crippen molar-refractivity contribution in [3.63, 3.8) is 0 Å². The van der Waals surface area contributed by atoms with E-state index in [1.807, 2.05) is 0 Å². The minimum absolute atomic E-state index is 0.00672. The van der Waals surface area contributed by atoms with Crippen molar-refractivity contribution in [1.29, 1.82) is 0 Å². The van der Waals surface area contributed by atoms with Gasteiger partial charge in [0, 0.05) is 50.0 Å². The lowest BCUT2D eigenvalue weighted by Crippen LogP contribution is -2.51. The van der Waals surface area contributed by atoms with Crippen LogP contribution in [0, 0.1) is 23.4 Å². The van der Waals surface area contributed by atoms with Gasteiger partial charge in [0.1, 0.15) is 12.4 Å². The maximum absolute atomic E-state index is 14.0. The number of ether oxygens (including phenoxy) is 2. The average Bonchev–Trinajstić information content (AvgIpc) is 3.17. The van der Waals surface area contributed by atoms with Crippen molar-refractivity contribution in [2.24, 2.45) is 11.7 Å². The van der Waals surface area contributed by atoms with Gasteiger partial charge in [-0.2, -0.15) is 4.31 Å². The number of halogens is 3. The summed E-state index contributed by atoms with van der Waals surface area (Å²) in [6.07, 6.45) is 2.85. The predicted octanol–water partition coefficient (Wildman–Crippen LogP) is 1.63. The van der Waals surface area contributed by atoms with Gasteiger partial charge >= 0.3 is 18.0 Å². The van der Waals surface area contributed by atoms with E-state index in [0.29, 0.717) is 43.9 Å². The quantitative estimate of drug-likeness (QED) is 0.154. The van der Waals surface area contributed by atoms with Crippen molar-refractivity contribution in [2.75, 3.05) is 32.6 Å². The highest BCUT2D eigenvalue weighted by Gasteiger charge is 2.47. The highest BCUT2D eigenvalue weighted by Crippen LogP contribution is 2.42. The molecule has 230 valence electrons. The van der Waals surface area contributed by atoms with Crippen LogP contribution in [0.1, 0.15) is 31.2 Å². The second-order valence-corrected chi connectivity index (χ2v) is 11.5. The summed E-state index contributed by atoms with van der Waals surface area (Å²) in [6.45, 7) is 0.235. The fourth-order valence-corrected chi connectivity index (χ4v) is 6.78. The lowest BCUT2D eigenvalue weighted by molar-refractivity contribution is -0.134. The van der Waals surface area contributed by atoms with E-state index < -0.39 is 51.5 Å². The third kappa shape index (κ3) is 10.6. The Hall–Kier alpha value is -3.21. The molecule has 1 aromatic rings. The van der Waals surface area contributed by atoms with Crippen LogP contribution in [-0.2, 0) is 35.5 Å². The van der Waals surface area contributed by atoms with Crippen molar-refractivity contribution in [3.8, 4) is 0 Å². The molecule has 2 unspecified atom stereocenters. The minimum Gasteiger partial charge on any atom is -0.478 e. The number of nitrogens with zero attached hydrogens (tertiary/aromatic N) is 1. The number of carboxylic acids is 2. The van der Waals surface area contributed by atoms with Crippen molar-refractivity contribution in [3.05, 3.63) is 47.3 Å². The standard InChI is InChI=1S/C21H30F3N3O5S.C4H4O4/c1-31-5-6-32-21(28)26-4-7-33(29,30)27-15-2-3-16(27)9-14(8-15)20(25)11-13-10-18(23)19(24)12-17(13)22;5-3(6)1-2-4(7)8/h10,12,14-16,20H,2-9,11,25H2,1H3,(H,26,28);1-2H,(H,5,6)(H,7,8)/b;2-1-/t14?,15?,16?,20-;/m1./s1. The number of hydrogen-bond acceptors (Lipinski definition) is 8. The van der Waals surface area contributed by atoms with E-state index in [-0.39, 0.29) is 55.5 Å². The molecule has 0 saturated carbocycles. The van der Waals surface area contributed by atoms with Crippen LogP contribution in [0.15, 0.2) is 24.3 Å². The van der Waals surface area contributed by atoms with E-state index in [1.54, 1.807) is 0 Å². The number of hydrogen-bond donors (Lipinski definition) is 4. The summed E-state index contributed by atoms with van der Waals surface area (Å²) in [6, 6.07) is 0.367. The number of sulfonamides is 1. The van der Waals surface area contributed by atoms with Gasteiger partial charge in [0.05, 0.1) is 12.4 Å². The fourth-order valence-electron chi connectivity index (χ4n) is 4.92. The van der Waals surface area contributed by atoms with E-state index in [4.69, 9.17) is 25.4 Å². The van der Waals surface area contributed by atoms with Crippen molar-refractivity contribution in [2.45, 2.75) is 50.2 Å². The second-order valence-electron chi connectivity index (χ2n) is 9.55.